The first-order valence-electron chi connectivity index (χ1n) is 5.91. The molecule has 0 aliphatic carbocycles. The van der Waals surface area contributed by atoms with Gasteiger partial charge in [-0.05, 0) is 49.6 Å². The van der Waals surface area contributed by atoms with E-state index in [1.807, 2.05) is 12.1 Å². The first-order valence-corrected chi connectivity index (χ1v) is 6.66. The maximum atomic E-state index is 9.65. The van der Waals surface area contributed by atoms with Crippen molar-refractivity contribution >= 4 is 23.2 Å². The largest absolute Gasteiger partial charge is 0.396 e. The summed E-state index contributed by atoms with van der Waals surface area (Å²) in [7, 11) is 0. The Hall–Kier alpha value is -0.280. The number of piperidine rings is 1. The number of hydrogen-bond acceptors (Lipinski definition) is 2. The van der Waals surface area contributed by atoms with Gasteiger partial charge in [0, 0.05) is 22.0 Å². The summed E-state index contributed by atoms with van der Waals surface area (Å²) < 4.78 is 0. The van der Waals surface area contributed by atoms with E-state index in [1.165, 1.54) is 0 Å². The van der Waals surface area contributed by atoms with E-state index < -0.39 is 0 Å². The predicted octanol–water partition coefficient (Wildman–Crippen LogP) is 2.90. The minimum atomic E-state index is -0.0907. The third kappa shape index (κ3) is 3.14. The second kappa shape index (κ2) is 5.57. The van der Waals surface area contributed by atoms with E-state index in [9.17, 15) is 5.11 Å². The second-order valence-electron chi connectivity index (χ2n) is 4.85. The maximum absolute atomic E-state index is 9.65. The predicted molar refractivity (Wildman–Crippen MR) is 71.8 cm³/mol. The lowest BCUT2D eigenvalue weighted by molar-refractivity contribution is 0.0948. The van der Waals surface area contributed by atoms with Gasteiger partial charge in [-0.1, -0.05) is 23.2 Å². The van der Waals surface area contributed by atoms with E-state index in [0.717, 1.165) is 42.9 Å². The van der Waals surface area contributed by atoms with Gasteiger partial charge in [-0.25, -0.2) is 0 Å². The highest BCUT2D eigenvalue weighted by Gasteiger charge is 2.32. The van der Waals surface area contributed by atoms with Gasteiger partial charge in [0.1, 0.15) is 0 Å². The molecule has 1 aliphatic rings. The molecule has 0 spiro atoms. The molecule has 1 atom stereocenters. The molecule has 2 nitrogen and oxygen atoms in total. The van der Waals surface area contributed by atoms with Crippen LogP contribution >= 0.6 is 23.2 Å². The zero-order valence-electron chi connectivity index (χ0n) is 9.68. The molecule has 0 amide bonds. The van der Waals surface area contributed by atoms with Crippen LogP contribution in [0.15, 0.2) is 18.2 Å². The van der Waals surface area contributed by atoms with Gasteiger partial charge >= 0.3 is 0 Å². The van der Waals surface area contributed by atoms with Crippen molar-refractivity contribution in [2.24, 2.45) is 5.41 Å². The smallest absolute Gasteiger partial charge is 0.0502 e. The number of rotatable bonds is 3. The Morgan fingerprint density at radius 3 is 2.82 bits per heavy atom. The molecule has 2 rings (SSSR count). The molecular weight excluding hydrogens is 257 g/mol. The third-order valence-corrected chi connectivity index (χ3v) is 4.07. The van der Waals surface area contributed by atoms with Crippen molar-refractivity contribution in [3.05, 3.63) is 33.8 Å². The Morgan fingerprint density at radius 2 is 2.18 bits per heavy atom. The fraction of sp³-hybridized carbons (Fsp3) is 0.538. The van der Waals surface area contributed by atoms with Gasteiger partial charge in [0.05, 0.1) is 6.61 Å². The van der Waals surface area contributed by atoms with Crippen LogP contribution in [0.2, 0.25) is 10.0 Å². The summed E-state index contributed by atoms with van der Waals surface area (Å²) in [6, 6.07) is 5.51. The lowest BCUT2D eigenvalue weighted by Gasteiger charge is -2.36. The van der Waals surface area contributed by atoms with E-state index in [1.54, 1.807) is 6.07 Å². The minimum Gasteiger partial charge on any atom is -0.396 e. The summed E-state index contributed by atoms with van der Waals surface area (Å²) in [6.45, 7) is 2.06. The average molecular weight is 274 g/mol. The topological polar surface area (TPSA) is 32.3 Å². The molecule has 0 aromatic heterocycles. The van der Waals surface area contributed by atoms with Crippen LogP contribution in [0.5, 0.6) is 0 Å². The molecule has 1 aromatic carbocycles. The molecule has 1 aliphatic heterocycles. The van der Waals surface area contributed by atoms with Crippen molar-refractivity contribution in [1.82, 2.24) is 5.32 Å². The molecule has 0 bridgehead atoms. The highest BCUT2D eigenvalue weighted by molar-refractivity contribution is 6.33. The van der Waals surface area contributed by atoms with Crippen molar-refractivity contribution in [2.75, 3.05) is 19.7 Å². The Bertz CT molecular complexity index is 389. The quantitative estimate of drug-likeness (QED) is 0.888. The van der Waals surface area contributed by atoms with Gasteiger partial charge in [0.15, 0.2) is 0 Å². The van der Waals surface area contributed by atoms with Crippen LogP contribution in [0.3, 0.4) is 0 Å². The van der Waals surface area contributed by atoms with Crippen LogP contribution in [0, 0.1) is 5.41 Å². The zero-order chi connectivity index (χ0) is 12.3. The molecule has 1 unspecified atom stereocenters. The van der Waals surface area contributed by atoms with Gasteiger partial charge in [-0.3, -0.25) is 0 Å². The molecule has 17 heavy (non-hydrogen) atoms. The van der Waals surface area contributed by atoms with E-state index in [-0.39, 0.29) is 12.0 Å². The van der Waals surface area contributed by atoms with Gasteiger partial charge in [-0.15, -0.1) is 0 Å². The molecule has 4 heteroatoms. The van der Waals surface area contributed by atoms with E-state index >= 15 is 0 Å². The Morgan fingerprint density at radius 1 is 1.35 bits per heavy atom. The number of nitrogens with one attached hydrogen (secondary N) is 1. The molecule has 1 aromatic rings. The number of hydrogen-bond donors (Lipinski definition) is 2. The van der Waals surface area contributed by atoms with Crippen LogP contribution in [0.1, 0.15) is 18.4 Å². The number of halogens is 2. The van der Waals surface area contributed by atoms with E-state index in [0.29, 0.717) is 5.02 Å². The van der Waals surface area contributed by atoms with Crippen LogP contribution in [-0.2, 0) is 6.42 Å². The van der Waals surface area contributed by atoms with Gasteiger partial charge in [0.2, 0.25) is 0 Å². The van der Waals surface area contributed by atoms with Gasteiger partial charge in [0.25, 0.3) is 0 Å². The first-order chi connectivity index (χ1) is 8.15. The lowest BCUT2D eigenvalue weighted by Crippen LogP contribution is -2.44. The molecule has 2 N–H and O–H groups in total. The highest BCUT2D eigenvalue weighted by Crippen LogP contribution is 2.33. The van der Waals surface area contributed by atoms with Gasteiger partial charge in [-0.2, -0.15) is 0 Å². The van der Waals surface area contributed by atoms with E-state index in [2.05, 4.69) is 5.32 Å². The van der Waals surface area contributed by atoms with Crippen LogP contribution in [0.25, 0.3) is 0 Å². The zero-order valence-corrected chi connectivity index (χ0v) is 11.2. The van der Waals surface area contributed by atoms with Crippen LogP contribution in [0.4, 0.5) is 0 Å². The average Bonchev–Trinajstić information content (AvgIpc) is 2.35. The summed E-state index contributed by atoms with van der Waals surface area (Å²) in [6.07, 6.45) is 2.90. The Labute approximate surface area is 112 Å². The summed E-state index contributed by atoms with van der Waals surface area (Å²) >= 11 is 12.2. The molecule has 1 saturated heterocycles. The van der Waals surface area contributed by atoms with Crippen LogP contribution in [-0.4, -0.2) is 24.8 Å². The van der Waals surface area contributed by atoms with Crippen LogP contribution < -0.4 is 5.32 Å². The molecule has 1 fully saturated rings. The Kier molecular flexibility index (Phi) is 4.31. The lowest BCUT2D eigenvalue weighted by atomic mass is 9.76. The van der Waals surface area contributed by atoms with Gasteiger partial charge < -0.3 is 10.4 Å². The summed E-state index contributed by atoms with van der Waals surface area (Å²) in [5.74, 6) is 0. The highest BCUT2D eigenvalue weighted by atomic mass is 35.5. The SMILES string of the molecule is OCC1(Cc2cc(Cl)ccc2Cl)CCCNC1. The number of benzene rings is 1. The molecule has 0 radical (unpaired) electrons. The van der Waals surface area contributed by atoms with E-state index in [4.69, 9.17) is 23.2 Å². The molecule has 0 saturated carbocycles. The second-order valence-corrected chi connectivity index (χ2v) is 5.69. The molecule has 94 valence electrons. The summed E-state index contributed by atoms with van der Waals surface area (Å²) in [5.41, 5.74) is 0.934. The van der Waals surface area contributed by atoms with Crippen molar-refractivity contribution in [1.29, 1.82) is 0 Å². The standard InChI is InChI=1S/C13H17Cl2NO/c14-11-2-3-12(15)10(6-11)7-13(9-17)4-1-5-16-8-13/h2-3,6,16-17H,1,4-5,7-9H2. The fourth-order valence-corrected chi connectivity index (χ4v) is 2.83. The summed E-state index contributed by atoms with van der Waals surface area (Å²) in [5, 5.41) is 14.4. The van der Waals surface area contributed by atoms with Crippen molar-refractivity contribution in [2.45, 2.75) is 19.3 Å². The molecular formula is C13H17Cl2NO. The minimum absolute atomic E-state index is 0.0907. The number of aliphatic hydroxyl groups is 1. The van der Waals surface area contributed by atoms with Crippen molar-refractivity contribution in [3.63, 3.8) is 0 Å². The monoisotopic (exact) mass is 273 g/mol. The summed E-state index contributed by atoms with van der Waals surface area (Å²) in [4.78, 5) is 0. The molecule has 1 heterocycles. The van der Waals surface area contributed by atoms with Crippen molar-refractivity contribution in [3.8, 4) is 0 Å². The Balaban J connectivity index is 2.20. The third-order valence-electron chi connectivity index (χ3n) is 3.47. The normalized spacial score (nSPS) is 24.9. The first kappa shape index (κ1) is 13.2. The fourth-order valence-electron chi connectivity index (χ4n) is 2.45. The van der Waals surface area contributed by atoms with Crippen molar-refractivity contribution < 1.29 is 5.11 Å². The number of aliphatic hydroxyl groups excluding tert-OH is 1. The maximum Gasteiger partial charge on any atom is 0.0502 e.